The smallest absolute Gasteiger partial charge is 0.0555 e. The molecule has 0 aliphatic heterocycles. The van der Waals surface area contributed by atoms with Gasteiger partial charge in [-0.15, -0.1) is 0 Å². The monoisotopic (exact) mass is 269 g/mol. The molecule has 1 N–H and O–H groups in total. The Hall–Kier alpha value is -0.0800. The van der Waals surface area contributed by atoms with E-state index in [-0.39, 0.29) is 6.10 Å². The number of nitrogens with zero attached hydrogens (tertiary/aromatic N) is 1. The fourth-order valence-electron chi connectivity index (χ4n) is 3.61. The molecule has 2 heteroatoms. The van der Waals surface area contributed by atoms with Crippen molar-refractivity contribution >= 4 is 0 Å². The fraction of sp³-hybridized carbons (Fsp3) is 1.00. The maximum absolute atomic E-state index is 10.1. The van der Waals surface area contributed by atoms with Crippen molar-refractivity contribution in [3.8, 4) is 0 Å². The number of hydrogen-bond acceptors (Lipinski definition) is 2. The molecule has 1 saturated carbocycles. The van der Waals surface area contributed by atoms with Crippen LogP contribution in [0.5, 0.6) is 0 Å². The normalized spacial score (nSPS) is 29.8. The predicted octanol–water partition coefficient (Wildman–Crippen LogP) is 3.93. The quantitative estimate of drug-likeness (QED) is 0.839. The van der Waals surface area contributed by atoms with Gasteiger partial charge >= 0.3 is 0 Å². The van der Waals surface area contributed by atoms with Gasteiger partial charge in [-0.2, -0.15) is 0 Å². The molecule has 0 aromatic carbocycles. The lowest BCUT2D eigenvalue weighted by atomic mass is 9.68. The molecule has 1 aliphatic rings. The Morgan fingerprint density at radius 3 is 2.05 bits per heavy atom. The van der Waals surface area contributed by atoms with E-state index < -0.39 is 0 Å². The summed E-state index contributed by atoms with van der Waals surface area (Å²) >= 11 is 0. The Bertz CT molecular complexity index is 274. The van der Waals surface area contributed by atoms with Crippen LogP contribution >= 0.6 is 0 Å². The highest BCUT2D eigenvalue weighted by atomic mass is 16.3. The Morgan fingerprint density at radius 2 is 1.63 bits per heavy atom. The minimum Gasteiger partial charge on any atom is -0.393 e. The van der Waals surface area contributed by atoms with E-state index in [2.05, 4.69) is 53.4 Å². The van der Waals surface area contributed by atoms with Crippen LogP contribution in [0.2, 0.25) is 0 Å². The second-order valence-electron chi connectivity index (χ2n) is 8.63. The number of aliphatic hydroxyl groups is 1. The molecule has 0 heterocycles. The topological polar surface area (TPSA) is 23.5 Å². The summed E-state index contributed by atoms with van der Waals surface area (Å²) in [6.07, 6.45) is 2.99. The lowest BCUT2D eigenvalue weighted by Crippen LogP contribution is -2.51. The molecule has 0 aromatic heterocycles. The first-order chi connectivity index (χ1) is 8.54. The van der Waals surface area contributed by atoms with E-state index in [1.54, 1.807) is 0 Å². The van der Waals surface area contributed by atoms with E-state index >= 15 is 0 Å². The largest absolute Gasteiger partial charge is 0.393 e. The molecular weight excluding hydrogens is 234 g/mol. The van der Waals surface area contributed by atoms with Crippen LogP contribution in [0.4, 0.5) is 0 Å². The summed E-state index contributed by atoms with van der Waals surface area (Å²) in [5.41, 5.74) is 0.650. The van der Waals surface area contributed by atoms with Crippen LogP contribution < -0.4 is 0 Å². The zero-order chi connectivity index (χ0) is 14.8. The third-order valence-corrected chi connectivity index (χ3v) is 4.45. The molecule has 0 radical (unpaired) electrons. The van der Waals surface area contributed by atoms with Crippen LogP contribution in [0.25, 0.3) is 0 Å². The second-order valence-corrected chi connectivity index (χ2v) is 8.63. The molecule has 2 nitrogen and oxygen atoms in total. The first kappa shape index (κ1) is 17.0. The van der Waals surface area contributed by atoms with Crippen LogP contribution in [0, 0.1) is 16.7 Å². The number of rotatable bonds is 3. The highest BCUT2D eigenvalue weighted by molar-refractivity contribution is 4.93. The fourth-order valence-corrected chi connectivity index (χ4v) is 3.61. The maximum atomic E-state index is 10.1. The van der Waals surface area contributed by atoms with Crippen molar-refractivity contribution < 1.29 is 5.11 Å². The molecule has 1 fully saturated rings. The third-order valence-electron chi connectivity index (χ3n) is 4.45. The molecule has 0 spiro atoms. The molecule has 1 rings (SSSR count). The van der Waals surface area contributed by atoms with Gasteiger partial charge in [-0.3, -0.25) is 4.90 Å². The summed E-state index contributed by atoms with van der Waals surface area (Å²) in [4.78, 5) is 2.61. The van der Waals surface area contributed by atoms with E-state index in [1.807, 2.05) is 0 Å². The van der Waals surface area contributed by atoms with Gasteiger partial charge < -0.3 is 5.11 Å². The van der Waals surface area contributed by atoms with Crippen LogP contribution in [0.1, 0.15) is 67.7 Å². The first-order valence-electron chi connectivity index (χ1n) is 7.96. The molecule has 1 aliphatic carbocycles. The Kier molecular flexibility index (Phi) is 5.48. The molecule has 0 amide bonds. The summed E-state index contributed by atoms with van der Waals surface area (Å²) in [5.74, 6) is 0.693. The second kappa shape index (κ2) is 6.13. The van der Waals surface area contributed by atoms with Gasteiger partial charge in [-0.1, -0.05) is 48.5 Å². The van der Waals surface area contributed by atoms with Crippen molar-refractivity contribution in [1.29, 1.82) is 0 Å². The molecule has 0 aromatic rings. The van der Waals surface area contributed by atoms with Crippen molar-refractivity contribution in [2.45, 2.75) is 79.9 Å². The molecule has 19 heavy (non-hydrogen) atoms. The Morgan fingerprint density at radius 1 is 1.05 bits per heavy atom. The minimum atomic E-state index is -0.0994. The molecule has 0 bridgehead atoms. The van der Waals surface area contributed by atoms with Crippen molar-refractivity contribution in [2.75, 3.05) is 13.1 Å². The SMILES string of the molecule is CCN(CC(C)(C)C)C1CC(O)CCC1C(C)(C)C. The van der Waals surface area contributed by atoms with Crippen LogP contribution in [0.3, 0.4) is 0 Å². The van der Waals surface area contributed by atoms with E-state index in [0.717, 1.165) is 32.4 Å². The van der Waals surface area contributed by atoms with E-state index in [9.17, 15) is 5.11 Å². The van der Waals surface area contributed by atoms with Gasteiger partial charge in [0.2, 0.25) is 0 Å². The highest BCUT2D eigenvalue weighted by Gasteiger charge is 2.40. The number of hydrogen-bond donors (Lipinski definition) is 1. The summed E-state index contributed by atoms with van der Waals surface area (Å²) in [6.45, 7) is 18.4. The summed E-state index contributed by atoms with van der Waals surface area (Å²) in [6, 6.07) is 0.535. The molecular formula is C17H35NO. The van der Waals surface area contributed by atoms with Crippen molar-refractivity contribution in [3.63, 3.8) is 0 Å². The molecule has 3 atom stereocenters. The Labute approximate surface area is 120 Å². The Balaban J connectivity index is 2.88. The van der Waals surface area contributed by atoms with Gasteiger partial charge in [0.25, 0.3) is 0 Å². The van der Waals surface area contributed by atoms with E-state index in [0.29, 0.717) is 22.8 Å². The van der Waals surface area contributed by atoms with E-state index in [1.165, 1.54) is 0 Å². The van der Waals surface area contributed by atoms with Crippen LogP contribution in [-0.4, -0.2) is 35.2 Å². The summed E-state index contributed by atoms with van der Waals surface area (Å²) in [5, 5.41) is 10.1. The van der Waals surface area contributed by atoms with Gasteiger partial charge in [-0.05, 0) is 42.6 Å². The molecule has 0 saturated heterocycles. The van der Waals surface area contributed by atoms with Gasteiger partial charge in [0.1, 0.15) is 0 Å². The van der Waals surface area contributed by atoms with Crippen molar-refractivity contribution in [2.24, 2.45) is 16.7 Å². The first-order valence-corrected chi connectivity index (χ1v) is 7.96. The van der Waals surface area contributed by atoms with Crippen LogP contribution in [-0.2, 0) is 0 Å². The van der Waals surface area contributed by atoms with Crippen LogP contribution in [0.15, 0.2) is 0 Å². The van der Waals surface area contributed by atoms with Crippen molar-refractivity contribution in [3.05, 3.63) is 0 Å². The number of aliphatic hydroxyl groups excluding tert-OH is 1. The molecule has 114 valence electrons. The van der Waals surface area contributed by atoms with Crippen molar-refractivity contribution in [1.82, 2.24) is 4.90 Å². The maximum Gasteiger partial charge on any atom is 0.0555 e. The van der Waals surface area contributed by atoms with Gasteiger partial charge in [0.05, 0.1) is 6.10 Å². The standard InChI is InChI=1S/C17H35NO/c1-8-18(12-16(2,3)4)15-11-13(19)9-10-14(15)17(5,6)7/h13-15,19H,8-12H2,1-7H3. The molecule has 3 unspecified atom stereocenters. The lowest BCUT2D eigenvalue weighted by Gasteiger charge is -2.48. The zero-order valence-electron chi connectivity index (χ0n) is 14.2. The summed E-state index contributed by atoms with van der Waals surface area (Å²) < 4.78 is 0. The average molecular weight is 269 g/mol. The predicted molar refractivity (Wildman–Crippen MR) is 83.3 cm³/mol. The average Bonchev–Trinajstić information content (AvgIpc) is 2.22. The summed E-state index contributed by atoms with van der Waals surface area (Å²) in [7, 11) is 0. The van der Waals surface area contributed by atoms with Gasteiger partial charge in [0.15, 0.2) is 0 Å². The minimum absolute atomic E-state index is 0.0994. The highest BCUT2D eigenvalue weighted by Crippen LogP contribution is 2.41. The van der Waals surface area contributed by atoms with Gasteiger partial charge in [0, 0.05) is 12.6 Å². The third kappa shape index (κ3) is 5.07. The van der Waals surface area contributed by atoms with Gasteiger partial charge in [-0.25, -0.2) is 0 Å². The van der Waals surface area contributed by atoms with E-state index in [4.69, 9.17) is 0 Å². The zero-order valence-corrected chi connectivity index (χ0v) is 14.2. The lowest BCUT2D eigenvalue weighted by molar-refractivity contribution is -0.0201.